The van der Waals surface area contributed by atoms with Gasteiger partial charge in [-0.1, -0.05) is 40.9 Å². The summed E-state index contributed by atoms with van der Waals surface area (Å²) in [5.41, 5.74) is 1.38. The van der Waals surface area contributed by atoms with Crippen molar-refractivity contribution in [3.8, 4) is 0 Å². The molecule has 0 saturated carbocycles. The molecule has 5 nitrogen and oxygen atoms in total. The number of ether oxygens (including phenoxy) is 1. The highest BCUT2D eigenvalue weighted by atomic mass is 127. The van der Waals surface area contributed by atoms with Crippen LogP contribution in [0.3, 0.4) is 0 Å². The number of hydrogen-bond donors (Lipinski definition) is 2. The van der Waals surface area contributed by atoms with Crippen molar-refractivity contribution < 1.29 is 14.3 Å². The second kappa shape index (κ2) is 9.12. The molecule has 0 radical (unpaired) electrons. The van der Waals surface area contributed by atoms with Gasteiger partial charge in [0.2, 0.25) is 3.79 Å². The number of anilines is 1. The van der Waals surface area contributed by atoms with E-state index in [2.05, 4.69) is 38.0 Å². The number of halogens is 4. The summed E-state index contributed by atoms with van der Waals surface area (Å²) in [6.45, 7) is 0. The zero-order valence-corrected chi connectivity index (χ0v) is 17.9. The summed E-state index contributed by atoms with van der Waals surface area (Å²) < 4.78 is 3.74. The van der Waals surface area contributed by atoms with Crippen LogP contribution in [0, 0.1) is 3.57 Å². The van der Waals surface area contributed by atoms with Gasteiger partial charge in [0.15, 0.2) is 0 Å². The van der Waals surface area contributed by atoms with Crippen molar-refractivity contribution in [2.24, 2.45) is 0 Å². The highest BCUT2D eigenvalue weighted by molar-refractivity contribution is 14.1. The molecule has 0 aromatic heterocycles. The summed E-state index contributed by atoms with van der Waals surface area (Å²) in [5.74, 6) is -0.847. The Balaban J connectivity index is 2.15. The highest BCUT2D eigenvalue weighted by Crippen LogP contribution is 2.31. The Hall–Kier alpha value is -1.22. The summed E-state index contributed by atoms with van der Waals surface area (Å²) in [4.78, 5) is 23.9. The molecule has 2 N–H and O–H groups in total. The fraction of sp³-hybridized carbons (Fsp3) is 0.176. The van der Waals surface area contributed by atoms with E-state index in [-0.39, 0.29) is 0 Å². The lowest BCUT2D eigenvalue weighted by atomic mass is 10.2. The monoisotopic (exact) mass is 526 g/mol. The van der Waals surface area contributed by atoms with E-state index in [1.807, 2.05) is 6.07 Å². The molecule has 2 aromatic rings. The standard InChI is InChI=1S/C17H14Cl3IN2O3/c1-26-15(25)10-5-7-13(8-6-10)22-16(17(18,19)20)23-14(24)11-3-2-4-12(21)9-11/h2-9,16,22H,1H3,(H,23,24). The van der Waals surface area contributed by atoms with Gasteiger partial charge in [-0.05, 0) is 65.1 Å². The van der Waals surface area contributed by atoms with Gasteiger partial charge in [-0.15, -0.1) is 0 Å². The van der Waals surface area contributed by atoms with Crippen molar-refractivity contribution in [2.75, 3.05) is 12.4 Å². The minimum absolute atomic E-state index is 0.381. The molecule has 0 aliphatic rings. The molecule has 26 heavy (non-hydrogen) atoms. The molecule has 1 amide bonds. The number of nitrogens with one attached hydrogen (secondary N) is 2. The molecule has 0 aliphatic heterocycles. The predicted octanol–water partition coefficient (Wildman–Crippen LogP) is 4.62. The van der Waals surface area contributed by atoms with Crippen LogP contribution in [0.2, 0.25) is 0 Å². The third-order valence-electron chi connectivity index (χ3n) is 3.31. The Labute approximate surface area is 179 Å². The van der Waals surface area contributed by atoms with Crippen LogP contribution in [-0.4, -0.2) is 28.9 Å². The van der Waals surface area contributed by atoms with E-state index >= 15 is 0 Å². The maximum atomic E-state index is 12.4. The Morgan fingerprint density at radius 2 is 1.73 bits per heavy atom. The van der Waals surface area contributed by atoms with E-state index in [0.717, 1.165) is 3.57 Å². The number of hydrogen-bond acceptors (Lipinski definition) is 4. The molecular formula is C17H14Cl3IN2O3. The summed E-state index contributed by atoms with van der Waals surface area (Å²) in [5, 5.41) is 5.59. The van der Waals surface area contributed by atoms with Crippen LogP contribution in [0.1, 0.15) is 20.7 Å². The van der Waals surface area contributed by atoms with E-state index in [1.165, 1.54) is 7.11 Å². The number of esters is 1. The van der Waals surface area contributed by atoms with Gasteiger partial charge in [0.1, 0.15) is 6.17 Å². The van der Waals surface area contributed by atoms with Crippen LogP contribution in [0.4, 0.5) is 5.69 Å². The molecule has 138 valence electrons. The van der Waals surface area contributed by atoms with E-state index in [1.54, 1.807) is 42.5 Å². The lowest BCUT2D eigenvalue weighted by molar-refractivity contribution is 0.0600. The summed E-state index contributed by atoms with van der Waals surface area (Å²) in [7, 11) is 1.30. The molecule has 2 rings (SSSR count). The molecule has 0 aliphatic carbocycles. The van der Waals surface area contributed by atoms with Crippen LogP contribution in [0.15, 0.2) is 48.5 Å². The third-order valence-corrected chi connectivity index (χ3v) is 4.63. The largest absolute Gasteiger partial charge is 0.465 e. The van der Waals surface area contributed by atoms with E-state index in [9.17, 15) is 9.59 Å². The minimum Gasteiger partial charge on any atom is -0.465 e. The first-order chi connectivity index (χ1) is 12.2. The molecule has 2 aromatic carbocycles. The molecule has 0 bridgehead atoms. The Bertz CT molecular complexity index is 795. The van der Waals surface area contributed by atoms with Gasteiger partial charge >= 0.3 is 5.97 Å². The lowest BCUT2D eigenvalue weighted by Crippen LogP contribution is -2.49. The zero-order valence-electron chi connectivity index (χ0n) is 13.4. The van der Waals surface area contributed by atoms with Crippen molar-refractivity contribution in [1.29, 1.82) is 0 Å². The Morgan fingerprint density at radius 1 is 1.08 bits per heavy atom. The van der Waals surface area contributed by atoms with Crippen LogP contribution < -0.4 is 10.6 Å². The number of methoxy groups -OCH3 is 1. The van der Waals surface area contributed by atoms with Gasteiger partial charge in [0, 0.05) is 14.8 Å². The number of carbonyl (C=O) groups excluding carboxylic acids is 2. The van der Waals surface area contributed by atoms with Crippen LogP contribution >= 0.6 is 57.4 Å². The molecule has 1 unspecified atom stereocenters. The zero-order chi connectivity index (χ0) is 19.3. The number of benzene rings is 2. The second-order valence-corrected chi connectivity index (χ2v) is 8.79. The van der Waals surface area contributed by atoms with E-state index in [0.29, 0.717) is 16.8 Å². The molecule has 0 saturated heterocycles. The molecule has 0 heterocycles. The maximum Gasteiger partial charge on any atom is 0.337 e. The molecule has 0 spiro atoms. The Morgan fingerprint density at radius 3 is 2.27 bits per heavy atom. The van der Waals surface area contributed by atoms with E-state index in [4.69, 9.17) is 34.8 Å². The second-order valence-electron chi connectivity index (χ2n) is 5.17. The van der Waals surface area contributed by atoms with Gasteiger partial charge in [-0.25, -0.2) is 4.79 Å². The summed E-state index contributed by atoms with van der Waals surface area (Å²) in [6.07, 6.45) is -0.998. The first-order valence-corrected chi connectivity index (χ1v) is 9.50. The number of carbonyl (C=O) groups is 2. The fourth-order valence-corrected chi connectivity index (χ4v) is 2.90. The van der Waals surface area contributed by atoms with Gasteiger partial charge in [0.25, 0.3) is 5.91 Å². The highest BCUT2D eigenvalue weighted by Gasteiger charge is 2.34. The van der Waals surface area contributed by atoms with Crippen molar-refractivity contribution in [2.45, 2.75) is 9.96 Å². The van der Waals surface area contributed by atoms with Crippen molar-refractivity contribution in [3.63, 3.8) is 0 Å². The first-order valence-electron chi connectivity index (χ1n) is 7.29. The lowest BCUT2D eigenvalue weighted by Gasteiger charge is -2.27. The van der Waals surface area contributed by atoms with Gasteiger partial charge in [-0.2, -0.15) is 0 Å². The average molecular weight is 528 g/mol. The summed E-state index contributed by atoms with van der Waals surface area (Å²) >= 11 is 20.1. The van der Waals surface area contributed by atoms with Crippen molar-refractivity contribution >= 4 is 75.0 Å². The van der Waals surface area contributed by atoms with Crippen molar-refractivity contribution in [3.05, 3.63) is 63.2 Å². The molecule has 1 atom stereocenters. The van der Waals surface area contributed by atoms with Gasteiger partial charge in [0.05, 0.1) is 12.7 Å². The van der Waals surface area contributed by atoms with E-state index < -0.39 is 21.8 Å². The van der Waals surface area contributed by atoms with Crippen LogP contribution in [-0.2, 0) is 4.74 Å². The third kappa shape index (κ3) is 5.90. The predicted molar refractivity (Wildman–Crippen MR) is 112 cm³/mol. The average Bonchev–Trinajstić information content (AvgIpc) is 2.60. The summed E-state index contributed by atoms with van der Waals surface area (Å²) in [6, 6.07) is 13.4. The smallest absolute Gasteiger partial charge is 0.337 e. The number of amides is 1. The number of rotatable bonds is 5. The van der Waals surface area contributed by atoms with Gasteiger partial charge < -0.3 is 15.4 Å². The minimum atomic E-state index is -1.81. The Kier molecular flexibility index (Phi) is 7.40. The SMILES string of the molecule is COC(=O)c1ccc(NC(NC(=O)c2cccc(I)c2)C(Cl)(Cl)Cl)cc1. The maximum absolute atomic E-state index is 12.4. The number of alkyl halides is 3. The molecule has 9 heteroatoms. The van der Waals surface area contributed by atoms with Crippen LogP contribution in [0.5, 0.6) is 0 Å². The quantitative estimate of drug-likeness (QED) is 0.258. The topological polar surface area (TPSA) is 67.4 Å². The van der Waals surface area contributed by atoms with Gasteiger partial charge in [-0.3, -0.25) is 4.79 Å². The molecular weight excluding hydrogens is 513 g/mol. The molecule has 0 fully saturated rings. The van der Waals surface area contributed by atoms with Crippen LogP contribution in [0.25, 0.3) is 0 Å². The first kappa shape index (κ1) is 21.1. The normalized spacial score (nSPS) is 12.2. The fourth-order valence-electron chi connectivity index (χ4n) is 2.03. The van der Waals surface area contributed by atoms with Crippen molar-refractivity contribution in [1.82, 2.24) is 5.32 Å².